The van der Waals surface area contributed by atoms with E-state index in [-0.39, 0.29) is 24.6 Å². The third-order valence-corrected chi connectivity index (χ3v) is 2.30. The van der Waals surface area contributed by atoms with Gasteiger partial charge in [0.1, 0.15) is 5.82 Å². The minimum absolute atomic E-state index is 0.114. The van der Waals surface area contributed by atoms with E-state index < -0.39 is 11.7 Å². The number of halogens is 1. The van der Waals surface area contributed by atoms with Crippen molar-refractivity contribution in [1.82, 2.24) is 4.90 Å². The van der Waals surface area contributed by atoms with E-state index in [1.54, 1.807) is 0 Å². The summed E-state index contributed by atoms with van der Waals surface area (Å²) in [6, 6.07) is 3.76. The van der Waals surface area contributed by atoms with Gasteiger partial charge in [-0.15, -0.1) is 0 Å². The van der Waals surface area contributed by atoms with Crippen molar-refractivity contribution in [3.8, 4) is 0 Å². The first-order chi connectivity index (χ1) is 8.45. The summed E-state index contributed by atoms with van der Waals surface area (Å²) in [5, 5.41) is 11.2. The Morgan fingerprint density at radius 2 is 2.11 bits per heavy atom. The average Bonchev–Trinajstić information content (AvgIpc) is 2.30. The molecular weight excluding hydrogens is 239 g/mol. The second-order valence-corrected chi connectivity index (χ2v) is 3.83. The minimum atomic E-state index is -0.668. The topological polar surface area (TPSA) is 69.6 Å². The highest BCUT2D eigenvalue weighted by Crippen LogP contribution is 2.16. The molecule has 0 spiro atoms. The Hall–Kier alpha value is -1.95. The lowest BCUT2D eigenvalue weighted by Gasteiger charge is -2.16. The maximum absolute atomic E-state index is 13.5. The second kappa shape index (κ2) is 6.11. The van der Waals surface area contributed by atoms with Crippen LogP contribution in [-0.2, 0) is 4.79 Å². The number of nitrogens with one attached hydrogen (secondary N) is 1. The number of likely N-dealkylation sites (N-methyl/N-ethyl adjacent to an activating group) is 1. The zero-order chi connectivity index (χ0) is 13.7. The van der Waals surface area contributed by atoms with Crippen LogP contribution in [0, 0.1) is 5.82 Å². The molecule has 0 aliphatic carbocycles. The molecule has 0 aliphatic rings. The molecule has 0 atom stereocenters. The molecular formula is C12H15FN2O3. The fraction of sp³-hybridized carbons (Fsp3) is 0.333. The van der Waals surface area contributed by atoms with Gasteiger partial charge in [-0.2, -0.15) is 0 Å². The quantitative estimate of drug-likeness (QED) is 0.836. The Morgan fingerprint density at radius 1 is 1.44 bits per heavy atom. The van der Waals surface area contributed by atoms with Gasteiger partial charge in [0, 0.05) is 26.2 Å². The SMILES string of the molecule is CC(=O)Nc1ccc(F)c(C(=O)N(C)CCO)c1. The zero-order valence-corrected chi connectivity index (χ0v) is 10.2. The van der Waals surface area contributed by atoms with Gasteiger partial charge in [-0.05, 0) is 18.2 Å². The Labute approximate surface area is 104 Å². The molecule has 6 heteroatoms. The van der Waals surface area contributed by atoms with Crippen molar-refractivity contribution >= 4 is 17.5 Å². The van der Waals surface area contributed by atoms with Crippen LogP contribution in [0.15, 0.2) is 18.2 Å². The highest BCUT2D eigenvalue weighted by atomic mass is 19.1. The summed E-state index contributed by atoms with van der Waals surface area (Å²) in [6.45, 7) is 1.24. The largest absolute Gasteiger partial charge is 0.395 e. The molecule has 1 aromatic rings. The van der Waals surface area contributed by atoms with Crippen LogP contribution in [0.5, 0.6) is 0 Å². The van der Waals surface area contributed by atoms with E-state index in [0.29, 0.717) is 5.69 Å². The molecule has 0 saturated heterocycles. The molecule has 0 radical (unpaired) electrons. The van der Waals surface area contributed by atoms with Crippen molar-refractivity contribution in [1.29, 1.82) is 0 Å². The third kappa shape index (κ3) is 3.53. The molecule has 0 saturated carbocycles. The van der Waals surface area contributed by atoms with Crippen LogP contribution in [0.4, 0.5) is 10.1 Å². The van der Waals surface area contributed by atoms with E-state index in [1.807, 2.05) is 0 Å². The molecule has 0 aliphatic heterocycles. The van der Waals surface area contributed by atoms with Crippen LogP contribution in [0.25, 0.3) is 0 Å². The lowest BCUT2D eigenvalue weighted by molar-refractivity contribution is -0.114. The number of hydrogen-bond acceptors (Lipinski definition) is 3. The van der Waals surface area contributed by atoms with E-state index in [1.165, 1.54) is 31.0 Å². The number of nitrogens with zero attached hydrogens (tertiary/aromatic N) is 1. The fourth-order valence-electron chi connectivity index (χ4n) is 1.43. The van der Waals surface area contributed by atoms with Gasteiger partial charge in [0.25, 0.3) is 5.91 Å². The lowest BCUT2D eigenvalue weighted by atomic mass is 10.1. The van der Waals surface area contributed by atoms with Gasteiger partial charge in [0.2, 0.25) is 5.91 Å². The molecule has 0 unspecified atom stereocenters. The van der Waals surface area contributed by atoms with Gasteiger partial charge >= 0.3 is 0 Å². The summed E-state index contributed by atoms with van der Waals surface area (Å²) in [7, 11) is 1.46. The molecule has 0 aromatic heterocycles. The van der Waals surface area contributed by atoms with Crippen LogP contribution in [-0.4, -0.2) is 42.0 Å². The van der Waals surface area contributed by atoms with Crippen molar-refractivity contribution in [3.05, 3.63) is 29.6 Å². The second-order valence-electron chi connectivity index (χ2n) is 3.83. The molecule has 98 valence electrons. The van der Waals surface area contributed by atoms with Gasteiger partial charge in [-0.25, -0.2) is 4.39 Å². The molecule has 1 rings (SSSR count). The number of benzene rings is 1. The van der Waals surface area contributed by atoms with Crippen LogP contribution < -0.4 is 5.32 Å². The first-order valence-electron chi connectivity index (χ1n) is 5.39. The first-order valence-corrected chi connectivity index (χ1v) is 5.39. The van der Waals surface area contributed by atoms with Gasteiger partial charge in [-0.1, -0.05) is 0 Å². The van der Waals surface area contributed by atoms with Gasteiger partial charge < -0.3 is 15.3 Å². The number of rotatable bonds is 4. The van der Waals surface area contributed by atoms with Crippen molar-refractivity contribution in [2.75, 3.05) is 25.5 Å². The van der Waals surface area contributed by atoms with Crippen LogP contribution in [0.2, 0.25) is 0 Å². The predicted molar refractivity (Wildman–Crippen MR) is 64.8 cm³/mol. The Morgan fingerprint density at radius 3 is 2.67 bits per heavy atom. The number of carbonyl (C=O) groups is 2. The first kappa shape index (κ1) is 14.1. The monoisotopic (exact) mass is 254 g/mol. The summed E-state index contributed by atoms with van der Waals surface area (Å²) >= 11 is 0. The predicted octanol–water partition coefficient (Wildman–Crippen LogP) is 0.848. The van der Waals surface area contributed by atoms with Gasteiger partial charge in [0.15, 0.2) is 0 Å². The molecule has 2 N–H and O–H groups in total. The number of aliphatic hydroxyl groups excluding tert-OH is 1. The number of aliphatic hydroxyl groups is 1. The average molecular weight is 254 g/mol. The molecule has 18 heavy (non-hydrogen) atoms. The van der Waals surface area contributed by atoms with Crippen LogP contribution in [0.3, 0.4) is 0 Å². The maximum Gasteiger partial charge on any atom is 0.256 e. The minimum Gasteiger partial charge on any atom is -0.395 e. The summed E-state index contributed by atoms with van der Waals surface area (Å²) in [4.78, 5) is 23.9. The third-order valence-electron chi connectivity index (χ3n) is 2.30. The Bertz CT molecular complexity index is 463. The molecule has 5 nitrogen and oxygen atoms in total. The fourth-order valence-corrected chi connectivity index (χ4v) is 1.43. The van der Waals surface area contributed by atoms with Gasteiger partial charge in [-0.3, -0.25) is 9.59 Å². The summed E-state index contributed by atoms with van der Waals surface area (Å²) in [5.41, 5.74) is 0.210. The number of hydrogen-bond donors (Lipinski definition) is 2. The summed E-state index contributed by atoms with van der Waals surface area (Å²) in [6.07, 6.45) is 0. The van der Waals surface area contributed by atoms with Crippen molar-refractivity contribution < 1.29 is 19.1 Å². The summed E-state index contributed by atoms with van der Waals surface area (Å²) < 4.78 is 13.5. The van der Waals surface area contributed by atoms with E-state index in [4.69, 9.17) is 5.11 Å². The molecule has 0 bridgehead atoms. The van der Waals surface area contributed by atoms with Crippen LogP contribution >= 0.6 is 0 Å². The number of anilines is 1. The van der Waals surface area contributed by atoms with Crippen molar-refractivity contribution in [2.24, 2.45) is 0 Å². The normalized spacial score (nSPS) is 10.0. The highest BCUT2D eigenvalue weighted by Gasteiger charge is 2.16. The Balaban J connectivity index is 2.99. The molecule has 0 heterocycles. The van der Waals surface area contributed by atoms with Crippen molar-refractivity contribution in [2.45, 2.75) is 6.92 Å². The highest BCUT2D eigenvalue weighted by molar-refractivity contribution is 5.96. The molecule has 2 amide bonds. The molecule has 1 aromatic carbocycles. The van der Waals surface area contributed by atoms with Crippen LogP contribution in [0.1, 0.15) is 17.3 Å². The zero-order valence-electron chi connectivity index (χ0n) is 10.2. The van der Waals surface area contributed by atoms with E-state index in [9.17, 15) is 14.0 Å². The van der Waals surface area contributed by atoms with Crippen molar-refractivity contribution in [3.63, 3.8) is 0 Å². The summed E-state index contributed by atoms with van der Waals surface area (Å²) in [5.74, 6) is -1.52. The number of amides is 2. The standard InChI is InChI=1S/C12H15FN2O3/c1-8(17)14-9-3-4-11(13)10(7-9)12(18)15(2)5-6-16/h3-4,7,16H,5-6H2,1-2H3,(H,14,17). The van der Waals surface area contributed by atoms with Gasteiger partial charge in [0.05, 0.1) is 12.2 Å². The van der Waals surface area contributed by atoms with E-state index >= 15 is 0 Å². The number of carbonyl (C=O) groups excluding carboxylic acids is 2. The van der Waals surface area contributed by atoms with E-state index in [0.717, 1.165) is 6.07 Å². The molecule has 0 fully saturated rings. The van der Waals surface area contributed by atoms with E-state index in [2.05, 4.69) is 5.32 Å². The lowest BCUT2D eigenvalue weighted by Crippen LogP contribution is -2.30. The Kier molecular flexibility index (Phi) is 4.79. The smallest absolute Gasteiger partial charge is 0.256 e. The maximum atomic E-state index is 13.5.